The summed E-state index contributed by atoms with van der Waals surface area (Å²) in [6.45, 7) is 9.26. The Balaban J connectivity index is 2.73. The average molecular weight is 335 g/mol. The maximum absolute atomic E-state index is 11.9. The molecular weight excluding hydrogens is 310 g/mol. The lowest BCUT2D eigenvalue weighted by Crippen LogP contribution is -2.45. The first-order chi connectivity index (χ1) is 11.2. The maximum atomic E-state index is 11.9. The third-order valence-corrected chi connectivity index (χ3v) is 2.91. The highest BCUT2D eigenvalue weighted by atomic mass is 16.6. The van der Waals surface area contributed by atoms with Gasteiger partial charge in [0.05, 0.1) is 7.11 Å². The lowest BCUT2D eigenvalue weighted by Gasteiger charge is -2.22. The van der Waals surface area contributed by atoms with Crippen LogP contribution in [0.25, 0.3) is 0 Å². The molecule has 0 spiro atoms. The van der Waals surface area contributed by atoms with E-state index in [9.17, 15) is 9.59 Å². The molecule has 24 heavy (non-hydrogen) atoms. The summed E-state index contributed by atoms with van der Waals surface area (Å²) >= 11 is 0. The van der Waals surface area contributed by atoms with E-state index >= 15 is 0 Å². The van der Waals surface area contributed by atoms with Gasteiger partial charge >= 0.3 is 12.1 Å². The fourth-order valence-corrected chi connectivity index (χ4v) is 1.90. The van der Waals surface area contributed by atoms with Crippen molar-refractivity contribution in [3.05, 3.63) is 42.5 Å². The minimum atomic E-state index is -0.829. The number of ether oxygens (including phenoxy) is 3. The first-order valence-corrected chi connectivity index (χ1v) is 7.65. The zero-order chi connectivity index (χ0) is 18.2. The number of hydrogen-bond acceptors (Lipinski definition) is 5. The van der Waals surface area contributed by atoms with Crippen LogP contribution in [0.15, 0.2) is 36.9 Å². The number of benzene rings is 1. The number of carbonyl (C=O) groups is 2. The third-order valence-electron chi connectivity index (χ3n) is 2.91. The van der Waals surface area contributed by atoms with Crippen molar-refractivity contribution < 1.29 is 23.8 Å². The van der Waals surface area contributed by atoms with E-state index in [1.165, 1.54) is 7.11 Å². The molecule has 1 rings (SSSR count). The zero-order valence-corrected chi connectivity index (χ0v) is 14.6. The van der Waals surface area contributed by atoms with Crippen LogP contribution in [0.1, 0.15) is 26.3 Å². The molecule has 1 aromatic rings. The molecule has 132 valence electrons. The molecule has 0 saturated carbocycles. The quantitative estimate of drug-likeness (QED) is 0.613. The standard InChI is InChI=1S/C18H25NO5/c1-6-11-23-14-9-7-13(8-10-14)12-15(16(20)22-5)19-17(21)24-18(2,3)4/h6-10,15H,1,11-12H2,2-5H3,(H,19,21)/t15-/m0/s1. The highest BCUT2D eigenvalue weighted by Crippen LogP contribution is 2.14. The predicted octanol–water partition coefficient (Wildman–Crippen LogP) is 2.86. The summed E-state index contributed by atoms with van der Waals surface area (Å²) < 4.78 is 15.3. The largest absolute Gasteiger partial charge is 0.490 e. The fraction of sp³-hybridized carbons (Fsp3) is 0.444. The summed E-state index contributed by atoms with van der Waals surface area (Å²) in [5.74, 6) is 0.168. The Bertz CT molecular complexity index is 560. The summed E-state index contributed by atoms with van der Waals surface area (Å²) in [7, 11) is 1.28. The summed E-state index contributed by atoms with van der Waals surface area (Å²) in [6.07, 6.45) is 1.28. The van der Waals surface area contributed by atoms with Crippen LogP contribution in [0.4, 0.5) is 4.79 Å². The van der Waals surface area contributed by atoms with Crippen LogP contribution in [0, 0.1) is 0 Å². The minimum Gasteiger partial charge on any atom is -0.490 e. The van der Waals surface area contributed by atoms with Crippen LogP contribution in [0.5, 0.6) is 5.75 Å². The Labute approximate surface area is 142 Å². The van der Waals surface area contributed by atoms with Gasteiger partial charge in [-0.2, -0.15) is 0 Å². The molecule has 1 aromatic carbocycles. The molecule has 6 heteroatoms. The first kappa shape index (κ1) is 19.5. The molecular formula is C18H25NO5. The molecule has 1 atom stereocenters. The van der Waals surface area contributed by atoms with E-state index in [0.717, 1.165) is 5.56 Å². The van der Waals surface area contributed by atoms with Gasteiger partial charge in [0, 0.05) is 6.42 Å². The number of esters is 1. The summed E-state index contributed by atoms with van der Waals surface area (Å²) in [4.78, 5) is 23.8. The smallest absolute Gasteiger partial charge is 0.408 e. The number of amides is 1. The Morgan fingerprint density at radius 2 is 1.88 bits per heavy atom. The molecule has 0 bridgehead atoms. The maximum Gasteiger partial charge on any atom is 0.408 e. The summed E-state index contributed by atoms with van der Waals surface area (Å²) in [5.41, 5.74) is 0.210. The number of alkyl carbamates (subject to hydrolysis) is 1. The Hall–Kier alpha value is -2.50. The van der Waals surface area contributed by atoms with E-state index in [1.54, 1.807) is 39.0 Å². The third kappa shape index (κ3) is 7.17. The van der Waals surface area contributed by atoms with Crippen molar-refractivity contribution in [3.8, 4) is 5.75 Å². The van der Waals surface area contributed by atoms with Crippen LogP contribution >= 0.6 is 0 Å². The van der Waals surface area contributed by atoms with E-state index in [0.29, 0.717) is 12.4 Å². The van der Waals surface area contributed by atoms with Crippen LogP contribution in [0.2, 0.25) is 0 Å². The number of nitrogens with one attached hydrogen (secondary N) is 1. The number of rotatable bonds is 7. The van der Waals surface area contributed by atoms with Crippen LogP contribution < -0.4 is 10.1 Å². The van der Waals surface area contributed by atoms with Crippen LogP contribution in [-0.2, 0) is 20.7 Å². The van der Waals surface area contributed by atoms with Gasteiger partial charge in [0.2, 0.25) is 0 Å². The van der Waals surface area contributed by atoms with E-state index < -0.39 is 23.7 Å². The number of hydrogen-bond donors (Lipinski definition) is 1. The molecule has 0 aromatic heterocycles. The average Bonchev–Trinajstić information content (AvgIpc) is 2.51. The molecule has 6 nitrogen and oxygen atoms in total. The van der Waals surface area contributed by atoms with Crippen LogP contribution in [-0.4, -0.2) is 37.4 Å². The molecule has 0 unspecified atom stereocenters. The summed E-state index contributed by atoms with van der Waals surface area (Å²) in [6, 6.07) is 6.40. The molecule has 0 fully saturated rings. The van der Waals surface area contributed by atoms with E-state index in [2.05, 4.69) is 11.9 Å². The molecule has 0 heterocycles. The second-order valence-corrected chi connectivity index (χ2v) is 6.17. The number of carbonyl (C=O) groups excluding carboxylic acids is 2. The molecule has 1 amide bonds. The zero-order valence-electron chi connectivity index (χ0n) is 14.6. The van der Waals surface area contributed by atoms with Gasteiger partial charge in [-0.3, -0.25) is 0 Å². The highest BCUT2D eigenvalue weighted by molar-refractivity contribution is 5.81. The van der Waals surface area contributed by atoms with Crippen molar-refractivity contribution in [1.29, 1.82) is 0 Å². The fourth-order valence-electron chi connectivity index (χ4n) is 1.90. The second kappa shape index (κ2) is 8.96. The predicted molar refractivity (Wildman–Crippen MR) is 91.0 cm³/mol. The van der Waals surface area contributed by atoms with Crippen molar-refractivity contribution in [3.63, 3.8) is 0 Å². The molecule has 1 N–H and O–H groups in total. The molecule has 0 aliphatic carbocycles. The summed E-state index contributed by atoms with van der Waals surface area (Å²) in [5, 5.41) is 2.54. The van der Waals surface area contributed by atoms with E-state index in [1.807, 2.05) is 12.1 Å². The lowest BCUT2D eigenvalue weighted by atomic mass is 10.1. The Kier molecular flexibility index (Phi) is 7.30. The number of methoxy groups -OCH3 is 1. The van der Waals surface area contributed by atoms with E-state index in [-0.39, 0.29) is 6.42 Å². The van der Waals surface area contributed by atoms with Crippen molar-refractivity contribution in [2.45, 2.75) is 38.8 Å². The Morgan fingerprint density at radius 3 is 2.38 bits per heavy atom. The molecule has 0 aliphatic heterocycles. The molecule has 0 saturated heterocycles. The van der Waals surface area contributed by atoms with Gasteiger partial charge in [0.15, 0.2) is 0 Å². The van der Waals surface area contributed by atoms with Gasteiger partial charge in [-0.1, -0.05) is 24.8 Å². The minimum absolute atomic E-state index is 0.285. The molecule has 0 radical (unpaired) electrons. The van der Waals surface area contributed by atoms with Crippen molar-refractivity contribution in [2.24, 2.45) is 0 Å². The highest BCUT2D eigenvalue weighted by Gasteiger charge is 2.25. The van der Waals surface area contributed by atoms with Gasteiger partial charge in [-0.25, -0.2) is 9.59 Å². The van der Waals surface area contributed by atoms with Gasteiger partial charge < -0.3 is 19.5 Å². The first-order valence-electron chi connectivity index (χ1n) is 7.65. The van der Waals surface area contributed by atoms with Crippen LogP contribution in [0.3, 0.4) is 0 Å². The Morgan fingerprint density at radius 1 is 1.25 bits per heavy atom. The topological polar surface area (TPSA) is 73.9 Å². The van der Waals surface area contributed by atoms with Crippen molar-refractivity contribution >= 4 is 12.1 Å². The van der Waals surface area contributed by atoms with Gasteiger partial charge in [-0.05, 0) is 38.5 Å². The van der Waals surface area contributed by atoms with Gasteiger partial charge in [0.25, 0.3) is 0 Å². The molecule has 0 aliphatic rings. The van der Waals surface area contributed by atoms with Crippen molar-refractivity contribution in [1.82, 2.24) is 5.32 Å². The van der Waals surface area contributed by atoms with Crippen molar-refractivity contribution in [2.75, 3.05) is 13.7 Å². The van der Waals surface area contributed by atoms with Gasteiger partial charge in [0.1, 0.15) is 24.0 Å². The van der Waals surface area contributed by atoms with Gasteiger partial charge in [-0.15, -0.1) is 0 Å². The SMILES string of the molecule is C=CCOc1ccc(C[C@H](NC(=O)OC(C)(C)C)C(=O)OC)cc1. The van der Waals surface area contributed by atoms with E-state index in [4.69, 9.17) is 14.2 Å². The lowest BCUT2D eigenvalue weighted by molar-refractivity contribution is -0.143. The monoisotopic (exact) mass is 335 g/mol. The second-order valence-electron chi connectivity index (χ2n) is 6.17. The normalized spacial score (nSPS) is 12.0.